The van der Waals surface area contributed by atoms with Crippen molar-refractivity contribution in [3.05, 3.63) is 86.2 Å². The molecule has 1 N–H and O–H groups in total. The van der Waals surface area contributed by atoms with Crippen molar-refractivity contribution in [1.29, 1.82) is 0 Å². The van der Waals surface area contributed by atoms with E-state index in [-0.39, 0.29) is 11.9 Å². The van der Waals surface area contributed by atoms with Crippen LogP contribution in [0.5, 0.6) is 0 Å². The molecule has 7 heteroatoms. The van der Waals surface area contributed by atoms with Crippen LogP contribution in [0.2, 0.25) is 0 Å². The molecule has 0 unspecified atom stereocenters. The van der Waals surface area contributed by atoms with Gasteiger partial charge in [0, 0.05) is 31.8 Å². The van der Waals surface area contributed by atoms with E-state index in [2.05, 4.69) is 37.7 Å². The van der Waals surface area contributed by atoms with Crippen LogP contribution >= 0.6 is 22.6 Å². The summed E-state index contributed by atoms with van der Waals surface area (Å²) in [4.78, 5) is 24.0. The Kier molecular flexibility index (Phi) is 7.04. The third-order valence-corrected chi connectivity index (χ3v) is 5.30. The monoisotopic (exact) mass is 515 g/mol. The van der Waals surface area contributed by atoms with E-state index in [4.69, 9.17) is 4.74 Å². The van der Waals surface area contributed by atoms with Crippen LogP contribution in [0.3, 0.4) is 0 Å². The molecule has 0 atom stereocenters. The van der Waals surface area contributed by atoms with E-state index in [0.29, 0.717) is 17.7 Å². The number of carbonyl (C=O) groups excluding carboxylic acids is 2. The van der Waals surface area contributed by atoms with Gasteiger partial charge in [0.2, 0.25) is 0 Å². The van der Waals surface area contributed by atoms with Crippen molar-refractivity contribution in [2.75, 3.05) is 6.61 Å². The summed E-state index contributed by atoms with van der Waals surface area (Å²) >= 11 is 2.19. The molecule has 3 rings (SSSR count). The minimum absolute atomic E-state index is 0.258. The van der Waals surface area contributed by atoms with Gasteiger partial charge in [-0.3, -0.25) is 4.79 Å². The van der Waals surface area contributed by atoms with Crippen molar-refractivity contribution in [2.24, 2.45) is 5.10 Å². The number of amides is 1. The van der Waals surface area contributed by atoms with Crippen molar-refractivity contribution >= 4 is 40.7 Å². The third-order valence-electron chi connectivity index (χ3n) is 4.58. The summed E-state index contributed by atoms with van der Waals surface area (Å²) in [5.41, 5.74) is 7.45. The molecular formula is C23H22IN3O3. The number of nitrogens with one attached hydrogen (secondary N) is 1. The molecular weight excluding hydrogens is 493 g/mol. The average molecular weight is 515 g/mol. The second-order valence-corrected chi connectivity index (χ2v) is 7.88. The summed E-state index contributed by atoms with van der Waals surface area (Å²) in [6.07, 6.45) is 1.64. The second-order valence-electron chi connectivity index (χ2n) is 6.64. The van der Waals surface area contributed by atoms with Gasteiger partial charge in [-0.05, 0) is 98.0 Å². The highest BCUT2D eigenvalue weighted by atomic mass is 127. The standard InChI is InChI=1S/C23H22IN3O3/c1-4-30-23(29)18-7-11-21(12-8-18)27-15(2)13-19(16(27)3)14-25-26-22(28)17-5-9-20(24)10-6-17/h5-14H,4H2,1-3H3,(H,26,28)/b25-14-. The van der Waals surface area contributed by atoms with E-state index >= 15 is 0 Å². The zero-order valence-corrected chi connectivity index (χ0v) is 19.1. The number of hydrogen-bond donors (Lipinski definition) is 1. The van der Waals surface area contributed by atoms with E-state index in [1.807, 2.05) is 44.2 Å². The molecule has 0 aliphatic heterocycles. The van der Waals surface area contributed by atoms with Crippen molar-refractivity contribution in [3.8, 4) is 5.69 Å². The van der Waals surface area contributed by atoms with Crippen LogP contribution in [-0.4, -0.2) is 29.3 Å². The van der Waals surface area contributed by atoms with Gasteiger partial charge in [0.1, 0.15) is 0 Å². The van der Waals surface area contributed by atoms with Gasteiger partial charge in [0.05, 0.1) is 18.4 Å². The molecule has 1 amide bonds. The number of halogens is 1. The molecule has 0 aliphatic carbocycles. The summed E-state index contributed by atoms with van der Waals surface area (Å²) in [7, 11) is 0. The highest BCUT2D eigenvalue weighted by Crippen LogP contribution is 2.20. The van der Waals surface area contributed by atoms with Crippen molar-refractivity contribution in [3.63, 3.8) is 0 Å². The predicted molar refractivity (Wildman–Crippen MR) is 125 cm³/mol. The lowest BCUT2D eigenvalue weighted by Crippen LogP contribution is -2.17. The summed E-state index contributed by atoms with van der Waals surface area (Å²) in [6.45, 7) is 6.10. The number of rotatable bonds is 6. The van der Waals surface area contributed by atoms with Crippen LogP contribution in [-0.2, 0) is 4.74 Å². The molecule has 0 bridgehead atoms. The van der Waals surface area contributed by atoms with E-state index in [0.717, 1.165) is 26.2 Å². The van der Waals surface area contributed by atoms with Crippen LogP contribution in [0.1, 0.15) is 44.6 Å². The Labute approximate surface area is 189 Å². The molecule has 3 aromatic rings. The highest BCUT2D eigenvalue weighted by molar-refractivity contribution is 14.1. The van der Waals surface area contributed by atoms with Crippen LogP contribution in [0.15, 0.2) is 59.7 Å². The van der Waals surface area contributed by atoms with Crippen molar-refractivity contribution in [2.45, 2.75) is 20.8 Å². The van der Waals surface area contributed by atoms with Gasteiger partial charge in [0.25, 0.3) is 5.91 Å². The quantitative estimate of drug-likeness (QED) is 0.225. The minimum atomic E-state index is -0.332. The Morgan fingerprint density at radius 2 is 1.70 bits per heavy atom. The SMILES string of the molecule is CCOC(=O)c1ccc(-n2c(C)cc(/C=N\NC(=O)c3ccc(I)cc3)c2C)cc1. The van der Waals surface area contributed by atoms with Gasteiger partial charge in [-0.2, -0.15) is 5.10 Å². The zero-order valence-electron chi connectivity index (χ0n) is 17.0. The lowest BCUT2D eigenvalue weighted by molar-refractivity contribution is 0.0526. The second kappa shape index (κ2) is 9.71. The van der Waals surface area contributed by atoms with Gasteiger partial charge in [0.15, 0.2) is 0 Å². The predicted octanol–water partition coefficient (Wildman–Crippen LogP) is 4.64. The number of ether oxygens (including phenoxy) is 1. The Bertz CT molecular complexity index is 1080. The molecule has 2 aromatic carbocycles. The molecule has 0 aliphatic rings. The van der Waals surface area contributed by atoms with E-state index < -0.39 is 0 Å². The molecule has 0 spiro atoms. The van der Waals surface area contributed by atoms with Crippen molar-refractivity contribution < 1.29 is 14.3 Å². The Balaban J connectivity index is 1.75. The summed E-state index contributed by atoms with van der Waals surface area (Å²) < 4.78 is 8.16. The van der Waals surface area contributed by atoms with Crippen LogP contribution in [0.25, 0.3) is 5.69 Å². The molecule has 0 radical (unpaired) electrons. The topological polar surface area (TPSA) is 72.7 Å². The maximum absolute atomic E-state index is 12.2. The zero-order chi connectivity index (χ0) is 21.7. The van der Waals surface area contributed by atoms with Gasteiger partial charge < -0.3 is 9.30 Å². The fourth-order valence-electron chi connectivity index (χ4n) is 3.10. The molecule has 1 heterocycles. The number of hydrogen-bond acceptors (Lipinski definition) is 4. The normalized spacial score (nSPS) is 10.9. The van der Waals surface area contributed by atoms with Gasteiger partial charge in [-0.1, -0.05) is 0 Å². The van der Waals surface area contributed by atoms with E-state index in [1.54, 1.807) is 37.4 Å². The van der Waals surface area contributed by atoms with Crippen LogP contribution < -0.4 is 5.43 Å². The molecule has 6 nitrogen and oxygen atoms in total. The van der Waals surface area contributed by atoms with Crippen molar-refractivity contribution in [1.82, 2.24) is 9.99 Å². The van der Waals surface area contributed by atoms with Gasteiger partial charge >= 0.3 is 5.97 Å². The summed E-state index contributed by atoms with van der Waals surface area (Å²) in [6, 6.07) is 16.5. The Morgan fingerprint density at radius 3 is 2.33 bits per heavy atom. The first-order chi connectivity index (χ1) is 14.4. The summed E-state index contributed by atoms with van der Waals surface area (Å²) in [5, 5.41) is 4.11. The third kappa shape index (κ3) is 4.96. The first-order valence-electron chi connectivity index (χ1n) is 9.46. The van der Waals surface area contributed by atoms with Crippen LogP contribution in [0, 0.1) is 17.4 Å². The Morgan fingerprint density at radius 1 is 1.07 bits per heavy atom. The fraction of sp³-hybridized carbons (Fsp3) is 0.174. The molecule has 30 heavy (non-hydrogen) atoms. The summed E-state index contributed by atoms with van der Waals surface area (Å²) in [5.74, 6) is -0.590. The number of nitrogens with zero attached hydrogens (tertiary/aromatic N) is 2. The molecule has 0 fully saturated rings. The average Bonchev–Trinajstić information content (AvgIpc) is 3.02. The highest BCUT2D eigenvalue weighted by Gasteiger charge is 2.11. The lowest BCUT2D eigenvalue weighted by atomic mass is 10.2. The number of esters is 1. The largest absolute Gasteiger partial charge is 0.462 e. The van der Waals surface area contributed by atoms with Gasteiger partial charge in [-0.15, -0.1) is 0 Å². The minimum Gasteiger partial charge on any atom is -0.462 e. The number of hydrazone groups is 1. The lowest BCUT2D eigenvalue weighted by Gasteiger charge is -2.10. The maximum Gasteiger partial charge on any atom is 0.338 e. The smallest absolute Gasteiger partial charge is 0.338 e. The fourth-order valence-corrected chi connectivity index (χ4v) is 3.46. The first kappa shape index (κ1) is 21.8. The van der Waals surface area contributed by atoms with E-state index in [1.165, 1.54) is 0 Å². The number of benzene rings is 2. The maximum atomic E-state index is 12.2. The first-order valence-corrected chi connectivity index (χ1v) is 10.5. The van der Waals surface area contributed by atoms with E-state index in [9.17, 15) is 9.59 Å². The number of aromatic nitrogens is 1. The molecule has 154 valence electrons. The van der Waals surface area contributed by atoms with Crippen LogP contribution in [0.4, 0.5) is 0 Å². The molecule has 0 saturated heterocycles. The number of carbonyl (C=O) groups is 2. The molecule has 0 saturated carbocycles. The molecule has 1 aromatic heterocycles. The Hall–Kier alpha value is -2.94. The van der Waals surface area contributed by atoms with Gasteiger partial charge in [-0.25, -0.2) is 10.2 Å². The number of aryl methyl sites for hydroxylation is 1.